The van der Waals surface area contributed by atoms with Gasteiger partial charge in [-0.15, -0.1) is 0 Å². The number of fused-ring (bicyclic) bond motifs is 1. The van der Waals surface area contributed by atoms with E-state index >= 15 is 0 Å². The highest BCUT2D eigenvalue weighted by atomic mass is 16.3. The van der Waals surface area contributed by atoms with Crippen LogP contribution in [0, 0.1) is 0 Å². The largest absolute Gasteiger partial charge is 0.392 e. The summed E-state index contributed by atoms with van der Waals surface area (Å²) >= 11 is 0. The summed E-state index contributed by atoms with van der Waals surface area (Å²) in [6.45, 7) is 3.38. The first-order chi connectivity index (χ1) is 12.2. The van der Waals surface area contributed by atoms with E-state index in [-0.39, 0.29) is 12.5 Å². The van der Waals surface area contributed by atoms with Crippen LogP contribution in [0.4, 0.5) is 11.4 Å². The van der Waals surface area contributed by atoms with Crippen molar-refractivity contribution < 1.29 is 9.90 Å². The number of aromatic nitrogens is 1. The molecular weight excluding hydrogens is 314 g/mol. The van der Waals surface area contributed by atoms with Gasteiger partial charge >= 0.3 is 0 Å². The lowest BCUT2D eigenvalue weighted by atomic mass is 10.0. The van der Waals surface area contributed by atoms with Gasteiger partial charge in [-0.25, -0.2) is 0 Å². The van der Waals surface area contributed by atoms with E-state index in [1.165, 1.54) is 6.08 Å². The first-order valence-corrected chi connectivity index (χ1v) is 7.90. The Morgan fingerprint density at radius 1 is 1.24 bits per heavy atom. The standard InChI is InChI=1S/C20H19N3O2/c1-3-19(25)23-16-6-4-5-13(9-16)14-7-8-18-17(10-14)20(21-2)15(12-24)11-22-18/h3-11,24H,1,12H2,2H3,(H,21,22)(H,23,25). The van der Waals surface area contributed by atoms with Crippen LogP contribution in [0.3, 0.4) is 0 Å². The molecule has 5 nitrogen and oxygen atoms in total. The Balaban J connectivity index is 2.08. The van der Waals surface area contributed by atoms with Crippen molar-refractivity contribution >= 4 is 28.2 Å². The highest BCUT2D eigenvalue weighted by Gasteiger charge is 2.09. The molecule has 0 saturated heterocycles. The molecule has 0 aliphatic rings. The van der Waals surface area contributed by atoms with Gasteiger partial charge in [-0.2, -0.15) is 0 Å². The van der Waals surface area contributed by atoms with Crippen molar-refractivity contribution in [2.24, 2.45) is 0 Å². The van der Waals surface area contributed by atoms with E-state index in [2.05, 4.69) is 22.2 Å². The molecule has 0 aliphatic heterocycles. The average Bonchev–Trinajstić information content (AvgIpc) is 2.66. The molecule has 2 aromatic carbocycles. The number of carbonyl (C=O) groups is 1. The Hall–Kier alpha value is -3.18. The number of pyridine rings is 1. The van der Waals surface area contributed by atoms with Crippen LogP contribution in [0.2, 0.25) is 0 Å². The van der Waals surface area contributed by atoms with E-state index in [0.29, 0.717) is 5.69 Å². The summed E-state index contributed by atoms with van der Waals surface area (Å²) < 4.78 is 0. The highest BCUT2D eigenvalue weighted by Crippen LogP contribution is 2.31. The molecule has 1 amide bonds. The second-order valence-corrected chi connectivity index (χ2v) is 5.57. The number of aliphatic hydroxyl groups is 1. The summed E-state index contributed by atoms with van der Waals surface area (Å²) in [6, 6.07) is 13.6. The monoisotopic (exact) mass is 333 g/mol. The maximum absolute atomic E-state index is 11.5. The van der Waals surface area contributed by atoms with Gasteiger partial charge in [0.1, 0.15) is 0 Å². The summed E-state index contributed by atoms with van der Waals surface area (Å²) in [7, 11) is 1.83. The van der Waals surface area contributed by atoms with Crippen molar-refractivity contribution in [3.63, 3.8) is 0 Å². The Labute approximate surface area is 146 Å². The predicted octanol–water partition coefficient (Wildman–Crippen LogP) is 3.56. The number of nitrogens with zero attached hydrogens (tertiary/aromatic N) is 1. The smallest absolute Gasteiger partial charge is 0.247 e. The van der Waals surface area contributed by atoms with E-state index in [0.717, 1.165) is 33.3 Å². The number of nitrogens with one attached hydrogen (secondary N) is 2. The molecule has 0 atom stereocenters. The summed E-state index contributed by atoms with van der Waals surface area (Å²) in [5, 5.41) is 16.4. The van der Waals surface area contributed by atoms with Crippen molar-refractivity contribution in [1.29, 1.82) is 0 Å². The van der Waals surface area contributed by atoms with Gasteiger partial charge in [0.2, 0.25) is 5.91 Å². The molecule has 126 valence electrons. The van der Waals surface area contributed by atoms with Gasteiger partial charge in [-0.05, 0) is 41.5 Å². The molecule has 3 rings (SSSR count). The lowest BCUT2D eigenvalue weighted by molar-refractivity contribution is -0.111. The van der Waals surface area contributed by atoms with Crippen LogP contribution in [0.1, 0.15) is 5.56 Å². The van der Waals surface area contributed by atoms with Gasteiger partial charge in [-0.1, -0.05) is 24.8 Å². The minimum absolute atomic E-state index is 0.0770. The van der Waals surface area contributed by atoms with Gasteiger partial charge in [0.15, 0.2) is 0 Å². The molecule has 0 unspecified atom stereocenters. The molecule has 0 spiro atoms. The van der Waals surface area contributed by atoms with Crippen LogP contribution in [-0.4, -0.2) is 23.0 Å². The Kier molecular flexibility index (Phi) is 4.77. The van der Waals surface area contributed by atoms with Gasteiger partial charge in [0.25, 0.3) is 0 Å². The molecular formula is C20H19N3O2. The second-order valence-electron chi connectivity index (χ2n) is 5.57. The first kappa shape index (κ1) is 16.7. The van der Waals surface area contributed by atoms with E-state index < -0.39 is 0 Å². The average molecular weight is 333 g/mol. The van der Waals surface area contributed by atoms with Crippen molar-refractivity contribution in [2.75, 3.05) is 17.7 Å². The van der Waals surface area contributed by atoms with Gasteiger partial charge in [0.05, 0.1) is 17.8 Å². The number of aliphatic hydroxyl groups excluding tert-OH is 1. The van der Waals surface area contributed by atoms with Gasteiger partial charge < -0.3 is 15.7 Å². The topological polar surface area (TPSA) is 74.2 Å². The normalized spacial score (nSPS) is 10.5. The molecule has 0 saturated carbocycles. The third kappa shape index (κ3) is 3.36. The fourth-order valence-corrected chi connectivity index (χ4v) is 2.80. The van der Waals surface area contributed by atoms with Crippen LogP contribution in [0.5, 0.6) is 0 Å². The summed E-state index contributed by atoms with van der Waals surface area (Å²) in [4.78, 5) is 15.9. The minimum atomic E-state index is -0.245. The van der Waals surface area contributed by atoms with Crippen LogP contribution in [0.25, 0.3) is 22.0 Å². The molecule has 3 N–H and O–H groups in total. The van der Waals surface area contributed by atoms with Gasteiger partial charge in [-0.3, -0.25) is 9.78 Å². The van der Waals surface area contributed by atoms with Crippen LogP contribution in [-0.2, 0) is 11.4 Å². The van der Waals surface area contributed by atoms with Crippen LogP contribution < -0.4 is 10.6 Å². The SMILES string of the molecule is C=CC(=O)Nc1cccc(-c2ccc3ncc(CO)c(NC)c3c2)c1. The molecule has 0 radical (unpaired) electrons. The van der Waals surface area contributed by atoms with E-state index in [1.807, 2.05) is 49.5 Å². The van der Waals surface area contributed by atoms with Crippen molar-refractivity contribution in [3.05, 3.63) is 66.9 Å². The van der Waals surface area contributed by atoms with E-state index in [1.54, 1.807) is 6.20 Å². The Morgan fingerprint density at radius 3 is 2.76 bits per heavy atom. The molecule has 1 heterocycles. The number of benzene rings is 2. The number of rotatable bonds is 5. The van der Waals surface area contributed by atoms with Crippen molar-refractivity contribution in [2.45, 2.75) is 6.61 Å². The van der Waals surface area contributed by atoms with Gasteiger partial charge in [0, 0.05) is 29.9 Å². The van der Waals surface area contributed by atoms with Crippen molar-refractivity contribution in [3.8, 4) is 11.1 Å². The van der Waals surface area contributed by atoms with Crippen LogP contribution in [0.15, 0.2) is 61.3 Å². The van der Waals surface area contributed by atoms with E-state index in [9.17, 15) is 9.90 Å². The number of carbonyl (C=O) groups excluding carboxylic acids is 1. The number of hydrogen-bond donors (Lipinski definition) is 3. The van der Waals surface area contributed by atoms with Crippen LogP contribution >= 0.6 is 0 Å². The summed E-state index contributed by atoms with van der Waals surface area (Å²) in [5.74, 6) is -0.245. The lowest BCUT2D eigenvalue weighted by Crippen LogP contribution is -2.06. The zero-order valence-electron chi connectivity index (χ0n) is 13.9. The molecule has 0 aliphatic carbocycles. The molecule has 25 heavy (non-hydrogen) atoms. The molecule has 0 bridgehead atoms. The Morgan fingerprint density at radius 2 is 2.04 bits per heavy atom. The predicted molar refractivity (Wildman–Crippen MR) is 101 cm³/mol. The van der Waals surface area contributed by atoms with E-state index in [4.69, 9.17) is 0 Å². The third-order valence-electron chi connectivity index (χ3n) is 4.02. The van der Waals surface area contributed by atoms with Crippen molar-refractivity contribution in [1.82, 2.24) is 4.98 Å². The first-order valence-electron chi connectivity index (χ1n) is 7.90. The maximum Gasteiger partial charge on any atom is 0.247 e. The summed E-state index contributed by atoms with van der Waals surface area (Å²) in [5.41, 5.74) is 5.14. The Bertz CT molecular complexity index is 951. The minimum Gasteiger partial charge on any atom is -0.392 e. The molecule has 0 fully saturated rings. The zero-order chi connectivity index (χ0) is 17.8. The molecule has 3 aromatic rings. The fourth-order valence-electron chi connectivity index (χ4n) is 2.80. The third-order valence-corrected chi connectivity index (χ3v) is 4.02. The zero-order valence-corrected chi connectivity index (χ0v) is 13.9. The highest BCUT2D eigenvalue weighted by molar-refractivity contribution is 5.99. The molecule has 1 aromatic heterocycles. The quantitative estimate of drug-likeness (QED) is 0.624. The number of amides is 1. The lowest BCUT2D eigenvalue weighted by Gasteiger charge is -2.12. The fraction of sp³-hybridized carbons (Fsp3) is 0.100. The summed E-state index contributed by atoms with van der Waals surface area (Å²) in [6.07, 6.45) is 2.92. The maximum atomic E-state index is 11.5. The number of hydrogen-bond acceptors (Lipinski definition) is 4. The molecule has 5 heteroatoms. The number of anilines is 2. The second kappa shape index (κ2) is 7.15.